The molecule has 1 aliphatic rings. The highest BCUT2D eigenvalue weighted by atomic mass is 35.5. The minimum atomic E-state index is -0.770. The van der Waals surface area contributed by atoms with E-state index < -0.39 is 30.3 Å². The summed E-state index contributed by atoms with van der Waals surface area (Å²) in [7, 11) is 0. The number of esters is 1. The Balaban J connectivity index is 1.58. The van der Waals surface area contributed by atoms with Gasteiger partial charge in [0.15, 0.2) is 6.61 Å². The summed E-state index contributed by atoms with van der Waals surface area (Å²) in [6.07, 6.45) is 1.44. The molecule has 3 rings (SSSR count). The largest absolute Gasteiger partial charge is 0.452 e. The second kappa shape index (κ2) is 8.70. The van der Waals surface area contributed by atoms with Gasteiger partial charge in [0.25, 0.3) is 17.7 Å². The van der Waals surface area contributed by atoms with E-state index in [4.69, 9.17) is 16.3 Å². The van der Waals surface area contributed by atoms with Gasteiger partial charge in [0.05, 0.1) is 16.7 Å². The molecule has 0 radical (unpaired) electrons. The van der Waals surface area contributed by atoms with Crippen molar-refractivity contribution in [1.29, 1.82) is 0 Å². The number of hydrogen-bond donors (Lipinski definition) is 1. The number of hydrogen-bond acceptors (Lipinski definition) is 5. The quantitative estimate of drug-likeness (QED) is 0.428. The van der Waals surface area contributed by atoms with Crippen molar-refractivity contribution in [2.24, 2.45) is 0 Å². The number of amides is 3. The van der Waals surface area contributed by atoms with Crippen LogP contribution < -0.4 is 5.32 Å². The van der Waals surface area contributed by atoms with Crippen LogP contribution in [0.1, 0.15) is 36.6 Å². The van der Waals surface area contributed by atoms with Crippen molar-refractivity contribution in [3.63, 3.8) is 0 Å². The van der Waals surface area contributed by atoms with Gasteiger partial charge in [-0.2, -0.15) is 0 Å². The zero-order valence-corrected chi connectivity index (χ0v) is 16.1. The highest BCUT2D eigenvalue weighted by Crippen LogP contribution is 2.24. The molecule has 0 unspecified atom stereocenters. The molecular formula is C21H17ClN2O5. The van der Waals surface area contributed by atoms with E-state index in [1.807, 2.05) is 0 Å². The number of fused-ring (bicyclic) bond motifs is 1. The number of nitrogens with zero attached hydrogens (tertiary/aromatic N) is 1. The molecule has 0 aromatic heterocycles. The standard InChI is InChI=1S/C21H17ClN2O5/c1-2-8-24-19(26)16-7-6-14(10-17(16)20(24)27)21(28)29-12-18(25)23-11-13-4-3-5-15(22)9-13/h2-7,9-10H,1,8,11-12H2,(H,23,25). The van der Waals surface area contributed by atoms with E-state index in [0.717, 1.165) is 10.5 Å². The zero-order chi connectivity index (χ0) is 21.0. The summed E-state index contributed by atoms with van der Waals surface area (Å²) in [5.41, 5.74) is 1.22. The van der Waals surface area contributed by atoms with Gasteiger partial charge in [-0.3, -0.25) is 19.3 Å². The predicted octanol–water partition coefficient (Wildman–Crippen LogP) is 2.60. The first-order valence-corrected chi connectivity index (χ1v) is 9.08. The molecule has 1 aliphatic heterocycles. The topological polar surface area (TPSA) is 92.8 Å². The Bertz CT molecular complexity index is 1020. The SMILES string of the molecule is C=CCN1C(=O)c2ccc(C(=O)OCC(=O)NCc3cccc(Cl)c3)cc2C1=O. The van der Waals surface area contributed by atoms with Crippen molar-refractivity contribution in [2.45, 2.75) is 6.54 Å². The van der Waals surface area contributed by atoms with Gasteiger partial charge in [-0.05, 0) is 35.9 Å². The van der Waals surface area contributed by atoms with Crippen molar-refractivity contribution in [3.05, 3.63) is 82.4 Å². The fraction of sp³-hybridized carbons (Fsp3) is 0.143. The normalized spacial score (nSPS) is 12.5. The van der Waals surface area contributed by atoms with E-state index in [1.165, 1.54) is 24.3 Å². The Morgan fingerprint density at radius 3 is 2.59 bits per heavy atom. The van der Waals surface area contributed by atoms with Crippen LogP contribution in [0.4, 0.5) is 0 Å². The van der Waals surface area contributed by atoms with E-state index in [-0.39, 0.29) is 29.8 Å². The smallest absolute Gasteiger partial charge is 0.338 e. The van der Waals surface area contributed by atoms with E-state index >= 15 is 0 Å². The lowest BCUT2D eigenvalue weighted by molar-refractivity contribution is -0.124. The van der Waals surface area contributed by atoms with Crippen LogP contribution in [0, 0.1) is 0 Å². The minimum absolute atomic E-state index is 0.0768. The number of carbonyl (C=O) groups excluding carboxylic acids is 4. The van der Waals surface area contributed by atoms with Crippen molar-refractivity contribution in [2.75, 3.05) is 13.2 Å². The minimum Gasteiger partial charge on any atom is -0.452 e. The van der Waals surface area contributed by atoms with Crippen LogP contribution >= 0.6 is 11.6 Å². The summed E-state index contributed by atoms with van der Waals surface area (Å²) in [6, 6.07) is 11.1. The molecule has 0 aliphatic carbocycles. The molecule has 1 N–H and O–H groups in total. The summed E-state index contributed by atoms with van der Waals surface area (Å²) < 4.78 is 5.00. The van der Waals surface area contributed by atoms with E-state index in [9.17, 15) is 19.2 Å². The van der Waals surface area contributed by atoms with Gasteiger partial charge in [0, 0.05) is 18.1 Å². The number of ether oxygens (including phenoxy) is 1. The molecule has 7 nitrogen and oxygen atoms in total. The zero-order valence-electron chi connectivity index (χ0n) is 15.3. The third-order valence-corrected chi connectivity index (χ3v) is 4.47. The number of benzene rings is 2. The molecule has 0 saturated carbocycles. The fourth-order valence-corrected chi connectivity index (χ4v) is 3.04. The van der Waals surface area contributed by atoms with Crippen LogP contribution in [-0.4, -0.2) is 41.7 Å². The van der Waals surface area contributed by atoms with Crippen molar-refractivity contribution >= 4 is 35.3 Å². The van der Waals surface area contributed by atoms with Gasteiger partial charge >= 0.3 is 5.97 Å². The third-order valence-electron chi connectivity index (χ3n) is 4.23. The number of rotatable bonds is 7. The van der Waals surface area contributed by atoms with Crippen LogP contribution in [0.3, 0.4) is 0 Å². The lowest BCUT2D eigenvalue weighted by atomic mass is 10.1. The van der Waals surface area contributed by atoms with Gasteiger partial charge in [0.2, 0.25) is 0 Å². The van der Waals surface area contributed by atoms with Crippen LogP contribution in [0.15, 0.2) is 55.1 Å². The van der Waals surface area contributed by atoms with Crippen LogP contribution in [0.25, 0.3) is 0 Å². The Hall–Kier alpha value is -3.45. The van der Waals surface area contributed by atoms with Crippen molar-refractivity contribution in [3.8, 4) is 0 Å². The molecule has 2 aromatic rings. The lowest BCUT2D eigenvalue weighted by Gasteiger charge is -2.09. The average molecular weight is 413 g/mol. The average Bonchev–Trinajstić information content (AvgIpc) is 2.95. The Morgan fingerprint density at radius 1 is 1.10 bits per heavy atom. The Labute approximate surface area is 171 Å². The molecule has 1 heterocycles. The monoisotopic (exact) mass is 412 g/mol. The van der Waals surface area contributed by atoms with Gasteiger partial charge in [-0.15, -0.1) is 6.58 Å². The first-order chi connectivity index (χ1) is 13.9. The second-order valence-electron chi connectivity index (χ2n) is 6.25. The first kappa shape index (κ1) is 20.3. The summed E-state index contributed by atoms with van der Waals surface area (Å²) in [6.45, 7) is 3.36. The molecule has 8 heteroatoms. The van der Waals surface area contributed by atoms with Gasteiger partial charge in [0.1, 0.15) is 0 Å². The lowest BCUT2D eigenvalue weighted by Crippen LogP contribution is -2.29. The van der Waals surface area contributed by atoms with Gasteiger partial charge < -0.3 is 10.1 Å². The second-order valence-corrected chi connectivity index (χ2v) is 6.69. The van der Waals surface area contributed by atoms with Crippen LogP contribution in [0.2, 0.25) is 5.02 Å². The van der Waals surface area contributed by atoms with E-state index in [0.29, 0.717) is 5.02 Å². The molecule has 0 atom stereocenters. The number of halogens is 1. The number of imide groups is 1. The van der Waals surface area contributed by atoms with E-state index in [1.54, 1.807) is 24.3 Å². The Kier molecular flexibility index (Phi) is 6.09. The molecule has 148 valence electrons. The predicted molar refractivity (Wildman–Crippen MR) is 106 cm³/mol. The first-order valence-electron chi connectivity index (χ1n) is 8.70. The highest BCUT2D eigenvalue weighted by Gasteiger charge is 2.35. The maximum Gasteiger partial charge on any atom is 0.338 e. The number of carbonyl (C=O) groups is 4. The maximum absolute atomic E-state index is 12.3. The van der Waals surface area contributed by atoms with Gasteiger partial charge in [-0.25, -0.2) is 4.79 Å². The summed E-state index contributed by atoms with van der Waals surface area (Å²) in [5.74, 6) is -2.19. The summed E-state index contributed by atoms with van der Waals surface area (Å²) in [5, 5.41) is 3.17. The molecule has 0 bridgehead atoms. The maximum atomic E-state index is 12.3. The fourth-order valence-electron chi connectivity index (χ4n) is 2.83. The summed E-state index contributed by atoms with van der Waals surface area (Å²) in [4.78, 5) is 49.7. The molecule has 0 spiro atoms. The molecular weight excluding hydrogens is 396 g/mol. The third kappa shape index (κ3) is 4.52. The molecule has 0 fully saturated rings. The number of nitrogens with one attached hydrogen (secondary N) is 1. The molecule has 2 aromatic carbocycles. The van der Waals surface area contributed by atoms with Gasteiger partial charge in [-0.1, -0.05) is 29.8 Å². The highest BCUT2D eigenvalue weighted by molar-refractivity contribution is 6.30. The van der Waals surface area contributed by atoms with E-state index in [2.05, 4.69) is 11.9 Å². The molecule has 0 saturated heterocycles. The van der Waals surface area contributed by atoms with Crippen LogP contribution in [-0.2, 0) is 16.1 Å². The van der Waals surface area contributed by atoms with Crippen molar-refractivity contribution < 1.29 is 23.9 Å². The summed E-state index contributed by atoms with van der Waals surface area (Å²) >= 11 is 5.88. The molecule has 3 amide bonds. The molecule has 29 heavy (non-hydrogen) atoms. The Morgan fingerprint density at radius 2 is 1.86 bits per heavy atom. The van der Waals surface area contributed by atoms with Crippen LogP contribution in [0.5, 0.6) is 0 Å². The van der Waals surface area contributed by atoms with Crippen molar-refractivity contribution in [1.82, 2.24) is 10.2 Å².